The Bertz CT molecular complexity index is 1380. The molecule has 0 saturated heterocycles. The first kappa shape index (κ1) is 26.5. The van der Waals surface area contributed by atoms with E-state index in [0.717, 1.165) is 18.2 Å². The molecule has 2 amide bonds. The Morgan fingerprint density at radius 2 is 1.80 bits per heavy atom. The summed E-state index contributed by atoms with van der Waals surface area (Å²) in [6.07, 6.45) is 3.14. The predicted molar refractivity (Wildman–Crippen MR) is 138 cm³/mol. The van der Waals surface area contributed by atoms with E-state index in [1.165, 1.54) is 18.3 Å². The first-order valence-corrected chi connectivity index (χ1v) is 13.3. The Morgan fingerprint density at radius 3 is 2.34 bits per heavy atom. The van der Waals surface area contributed by atoms with Crippen LogP contribution in [0.25, 0.3) is 11.1 Å². The molecular weight excluding hydrogens is 507 g/mol. The van der Waals surface area contributed by atoms with E-state index in [0.29, 0.717) is 44.0 Å². The topological polar surface area (TPSA) is 112 Å². The minimum absolute atomic E-state index is 0.0923. The number of nitrogens with zero attached hydrogens (tertiary/aromatic N) is 2. The van der Waals surface area contributed by atoms with Gasteiger partial charge in [-0.1, -0.05) is 49.2 Å². The molecule has 3 rings (SSSR count). The van der Waals surface area contributed by atoms with E-state index in [2.05, 4.69) is 35.5 Å². The molecule has 35 heavy (non-hydrogen) atoms. The van der Waals surface area contributed by atoms with Gasteiger partial charge >= 0.3 is 6.03 Å². The third-order valence-corrected chi connectivity index (χ3v) is 6.80. The van der Waals surface area contributed by atoms with Crippen molar-refractivity contribution >= 4 is 44.8 Å². The quantitative estimate of drug-likeness (QED) is 0.397. The van der Waals surface area contributed by atoms with Crippen molar-refractivity contribution in [1.29, 1.82) is 5.26 Å². The van der Waals surface area contributed by atoms with Crippen molar-refractivity contribution in [2.24, 2.45) is 5.92 Å². The molecule has 0 radical (unpaired) electrons. The van der Waals surface area contributed by atoms with Crippen molar-refractivity contribution in [2.75, 3.05) is 11.6 Å². The lowest BCUT2D eigenvalue weighted by Gasteiger charge is -2.14. The second kappa shape index (κ2) is 11.1. The Kier molecular flexibility index (Phi) is 8.39. The minimum atomic E-state index is -3.34. The van der Waals surface area contributed by atoms with Gasteiger partial charge in [-0.2, -0.15) is 5.26 Å². The number of hydrogen-bond acceptors (Lipinski definition) is 5. The summed E-state index contributed by atoms with van der Waals surface area (Å²) in [7, 11) is -3.34. The maximum absolute atomic E-state index is 12.3. The van der Waals surface area contributed by atoms with Gasteiger partial charge in [0.15, 0.2) is 9.84 Å². The molecule has 0 fully saturated rings. The van der Waals surface area contributed by atoms with E-state index in [-0.39, 0.29) is 11.4 Å². The molecule has 1 heterocycles. The van der Waals surface area contributed by atoms with Crippen LogP contribution in [0, 0.1) is 17.2 Å². The highest BCUT2D eigenvalue weighted by Crippen LogP contribution is 2.38. The summed E-state index contributed by atoms with van der Waals surface area (Å²) in [6, 6.07) is 13.4. The van der Waals surface area contributed by atoms with Crippen LogP contribution in [-0.2, 0) is 22.8 Å². The zero-order valence-electron chi connectivity index (χ0n) is 19.4. The summed E-state index contributed by atoms with van der Waals surface area (Å²) in [4.78, 5) is 16.5. The minimum Gasteiger partial charge on any atom is -0.332 e. The summed E-state index contributed by atoms with van der Waals surface area (Å²) in [5, 5.41) is 15.5. The fraction of sp³-hybridized carbons (Fsp3) is 0.240. The number of carbonyl (C=O) groups is 1. The molecule has 2 N–H and O–H groups in total. The number of benzene rings is 2. The Balaban J connectivity index is 1.72. The molecule has 0 aliphatic carbocycles. The van der Waals surface area contributed by atoms with E-state index in [1.54, 1.807) is 18.2 Å². The first-order valence-electron chi connectivity index (χ1n) is 10.7. The molecule has 2 aromatic carbocycles. The number of amides is 2. The fourth-order valence-corrected chi connectivity index (χ4v) is 4.72. The normalized spacial score (nSPS) is 11.2. The van der Waals surface area contributed by atoms with Crippen molar-refractivity contribution in [3.63, 3.8) is 0 Å². The van der Waals surface area contributed by atoms with Gasteiger partial charge < -0.3 is 10.6 Å². The molecule has 10 heteroatoms. The molecule has 0 atom stereocenters. The number of rotatable bonds is 7. The van der Waals surface area contributed by atoms with Gasteiger partial charge in [-0.05, 0) is 53.8 Å². The van der Waals surface area contributed by atoms with Gasteiger partial charge in [-0.25, -0.2) is 13.2 Å². The van der Waals surface area contributed by atoms with Gasteiger partial charge in [0.1, 0.15) is 0 Å². The van der Waals surface area contributed by atoms with E-state index in [4.69, 9.17) is 23.2 Å². The lowest BCUT2D eigenvalue weighted by Crippen LogP contribution is -2.28. The summed E-state index contributed by atoms with van der Waals surface area (Å²) in [5.74, 6) is 0.416. The molecule has 1 aromatic heterocycles. The summed E-state index contributed by atoms with van der Waals surface area (Å²) >= 11 is 13.0. The third kappa shape index (κ3) is 6.95. The number of halogens is 2. The van der Waals surface area contributed by atoms with Gasteiger partial charge in [0.05, 0.1) is 38.8 Å². The molecule has 182 valence electrons. The lowest BCUT2D eigenvalue weighted by molar-refractivity contribution is 0.251. The Morgan fingerprint density at radius 1 is 1.11 bits per heavy atom. The molecule has 0 aliphatic rings. The van der Waals surface area contributed by atoms with E-state index in [1.807, 2.05) is 12.1 Å². The number of anilines is 1. The molecular formula is C25H24Cl2N4O3S. The zero-order valence-corrected chi connectivity index (χ0v) is 21.7. The van der Waals surface area contributed by atoms with Gasteiger partial charge in [-0.3, -0.25) is 4.98 Å². The highest BCUT2D eigenvalue weighted by molar-refractivity contribution is 7.90. The third-order valence-electron chi connectivity index (χ3n) is 5.10. The van der Waals surface area contributed by atoms with Crippen LogP contribution in [0.2, 0.25) is 10.0 Å². The number of carbonyl (C=O) groups excluding carboxylic acids is 1. The van der Waals surface area contributed by atoms with Crippen molar-refractivity contribution in [1.82, 2.24) is 10.3 Å². The van der Waals surface area contributed by atoms with E-state index >= 15 is 0 Å². The fourth-order valence-electron chi connectivity index (χ4n) is 3.46. The molecule has 0 aliphatic heterocycles. The molecule has 3 aromatic rings. The second-order valence-electron chi connectivity index (χ2n) is 8.46. The van der Waals surface area contributed by atoms with Crippen LogP contribution in [0.4, 0.5) is 10.5 Å². The van der Waals surface area contributed by atoms with Crippen LogP contribution in [0.5, 0.6) is 0 Å². The van der Waals surface area contributed by atoms with Crippen LogP contribution in [-0.4, -0.2) is 25.7 Å². The monoisotopic (exact) mass is 530 g/mol. The molecule has 0 spiro atoms. The van der Waals surface area contributed by atoms with Gasteiger partial charge in [0.25, 0.3) is 0 Å². The van der Waals surface area contributed by atoms with Crippen molar-refractivity contribution in [3.05, 3.63) is 75.5 Å². The molecule has 0 unspecified atom stereocenters. The van der Waals surface area contributed by atoms with Crippen LogP contribution < -0.4 is 10.6 Å². The highest BCUT2D eigenvalue weighted by Gasteiger charge is 2.15. The lowest BCUT2D eigenvalue weighted by atomic mass is 9.94. The maximum atomic E-state index is 12.3. The smallest absolute Gasteiger partial charge is 0.319 e. The molecule has 0 bridgehead atoms. The second-order valence-corrected chi connectivity index (χ2v) is 11.3. The van der Waals surface area contributed by atoms with Crippen LogP contribution in [0.3, 0.4) is 0 Å². The van der Waals surface area contributed by atoms with Gasteiger partial charge in [0.2, 0.25) is 0 Å². The van der Waals surface area contributed by atoms with Crippen LogP contribution in [0.15, 0.2) is 53.6 Å². The number of pyridine rings is 1. The Labute approximate surface area is 215 Å². The average molecular weight is 531 g/mol. The average Bonchev–Trinajstić information content (AvgIpc) is 2.77. The van der Waals surface area contributed by atoms with Crippen LogP contribution >= 0.6 is 23.2 Å². The van der Waals surface area contributed by atoms with Crippen molar-refractivity contribution in [3.8, 4) is 17.2 Å². The SMILES string of the molecule is CC(C)Cc1ccc(-c2c(Cl)cc(NC(=O)NCc3ccc(S(C)(=O)=O)cn3)cc2Cl)cc1C#N. The summed E-state index contributed by atoms with van der Waals surface area (Å²) in [5.41, 5.74) is 3.70. The van der Waals surface area contributed by atoms with Gasteiger partial charge in [0, 0.05) is 23.7 Å². The summed E-state index contributed by atoms with van der Waals surface area (Å²) < 4.78 is 23.0. The largest absolute Gasteiger partial charge is 0.332 e. The zero-order chi connectivity index (χ0) is 25.8. The van der Waals surface area contributed by atoms with Crippen molar-refractivity contribution in [2.45, 2.75) is 31.7 Å². The maximum Gasteiger partial charge on any atom is 0.319 e. The number of aromatic nitrogens is 1. The van der Waals surface area contributed by atoms with E-state index in [9.17, 15) is 18.5 Å². The van der Waals surface area contributed by atoms with E-state index < -0.39 is 15.9 Å². The molecule has 0 saturated carbocycles. The Hall–Kier alpha value is -3.12. The predicted octanol–water partition coefficient (Wildman–Crippen LogP) is 5.85. The van der Waals surface area contributed by atoms with Crippen molar-refractivity contribution < 1.29 is 13.2 Å². The number of hydrogen-bond donors (Lipinski definition) is 2. The highest BCUT2D eigenvalue weighted by atomic mass is 35.5. The number of nitrogens with one attached hydrogen (secondary N) is 2. The standard InChI is InChI=1S/C25H24Cl2N4O3S/c1-15(2)8-16-4-5-17(9-18(16)12-28)24-22(26)10-20(11-23(24)27)31-25(32)30-13-19-6-7-21(14-29-19)35(3,33)34/h4-7,9-11,14-15H,8,13H2,1-3H3,(H2,30,31,32). The van der Waals surface area contributed by atoms with Crippen LogP contribution in [0.1, 0.15) is 30.7 Å². The first-order chi connectivity index (χ1) is 16.5. The number of urea groups is 1. The summed E-state index contributed by atoms with van der Waals surface area (Å²) in [6.45, 7) is 4.28. The number of sulfone groups is 1. The number of nitriles is 1. The van der Waals surface area contributed by atoms with Gasteiger partial charge in [-0.15, -0.1) is 0 Å². The molecule has 7 nitrogen and oxygen atoms in total.